The number of hydrogen-bond acceptors (Lipinski definition) is 3. The first kappa shape index (κ1) is 8.43. The molecule has 0 fully saturated rings. The predicted molar refractivity (Wildman–Crippen MR) is 50.8 cm³/mol. The summed E-state index contributed by atoms with van der Waals surface area (Å²) >= 11 is 0. The van der Waals surface area contributed by atoms with E-state index < -0.39 is 0 Å². The Hall–Kier alpha value is -2.17. The van der Waals surface area contributed by atoms with E-state index in [1.807, 2.05) is 0 Å². The maximum atomic E-state index is 11.4. The van der Waals surface area contributed by atoms with E-state index in [4.69, 9.17) is 0 Å². The summed E-state index contributed by atoms with van der Waals surface area (Å²) in [4.78, 5) is 21.9. The Balaban J connectivity index is 2.10. The van der Waals surface area contributed by atoms with E-state index in [9.17, 15) is 4.79 Å². The average molecular weight is 188 g/mol. The second-order valence-electron chi connectivity index (χ2n) is 2.61. The number of anilines is 1. The Morgan fingerprint density at radius 1 is 1.29 bits per heavy atom. The average Bonchev–Trinajstić information content (AvgIpc) is 2.72. The molecule has 0 atom stereocenters. The number of carbonyl (C=O) groups excluding carboxylic acids is 1. The molecule has 5 nitrogen and oxygen atoms in total. The quantitative estimate of drug-likeness (QED) is 0.740. The van der Waals surface area contributed by atoms with Crippen LogP contribution in [0.15, 0.2) is 36.8 Å². The second-order valence-corrected chi connectivity index (χ2v) is 2.61. The topological polar surface area (TPSA) is 70.7 Å². The second kappa shape index (κ2) is 3.69. The number of nitrogens with zero attached hydrogens (tertiary/aromatic N) is 2. The lowest BCUT2D eigenvalue weighted by atomic mass is 10.4. The summed E-state index contributed by atoms with van der Waals surface area (Å²) in [7, 11) is 0. The van der Waals surface area contributed by atoms with Crippen molar-refractivity contribution in [3.63, 3.8) is 0 Å². The van der Waals surface area contributed by atoms with Crippen LogP contribution in [0.2, 0.25) is 0 Å². The number of imidazole rings is 1. The van der Waals surface area contributed by atoms with Gasteiger partial charge in [-0.3, -0.25) is 4.79 Å². The van der Waals surface area contributed by atoms with Gasteiger partial charge in [-0.15, -0.1) is 0 Å². The van der Waals surface area contributed by atoms with Gasteiger partial charge < -0.3 is 10.3 Å². The summed E-state index contributed by atoms with van der Waals surface area (Å²) in [6, 6.07) is 5.29. The highest BCUT2D eigenvalue weighted by atomic mass is 16.2. The van der Waals surface area contributed by atoms with Crippen molar-refractivity contribution in [1.82, 2.24) is 15.0 Å². The van der Waals surface area contributed by atoms with Crippen molar-refractivity contribution in [2.75, 3.05) is 5.32 Å². The van der Waals surface area contributed by atoms with Crippen LogP contribution >= 0.6 is 0 Å². The predicted octanol–water partition coefficient (Wildman–Crippen LogP) is 1.06. The summed E-state index contributed by atoms with van der Waals surface area (Å²) in [6.45, 7) is 0. The van der Waals surface area contributed by atoms with Gasteiger partial charge in [-0.05, 0) is 12.1 Å². The fourth-order valence-electron chi connectivity index (χ4n) is 1.00. The zero-order valence-corrected chi connectivity index (χ0v) is 7.27. The summed E-state index contributed by atoms with van der Waals surface area (Å²) in [5.41, 5.74) is 0. The van der Waals surface area contributed by atoms with E-state index in [2.05, 4.69) is 20.3 Å². The number of hydrogen-bond donors (Lipinski definition) is 2. The van der Waals surface area contributed by atoms with Gasteiger partial charge in [0.05, 0.1) is 0 Å². The van der Waals surface area contributed by atoms with Crippen LogP contribution in [0.4, 0.5) is 5.82 Å². The number of pyridine rings is 1. The van der Waals surface area contributed by atoms with Crippen LogP contribution in [0.1, 0.15) is 10.6 Å². The smallest absolute Gasteiger partial charge is 0.292 e. The van der Waals surface area contributed by atoms with Crippen LogP contribution in [0, 0.1) is 0 Å². The number of amides is 1. The summed E-state index contributed by atoms with van der Waals surface area (Å²) in [5, 5.41) is 2.60. The van der Waals surface area contributed by atoms with E-state index in [1.165, 1.54) is 6.20 Å². The number of H-pyrrole nitrogens is 1. The number of carbonyl (C=O) groups is 1. The maximum absolute atomic E-state index is 11.4. The van der Waals surface area contributed by atoms with Gasteiger partial charge in [-0.1, -0.05) is 6.07 Å². The molecule has 0 saturated heterocycles. The van der Waals surface area contributed by atoms with Gasteiger partial charge in [-0.25, -0.2) is 9.97 Å². The van der Waals surface area contributed by atoms with Gasteiger partial charge in [0.1, 0.15) is 5.82 Å². The zero-order valence-electron chi connectivity index (χ0n) is 7.27. The number of nitrogens with one attached hydrogen (secondary N) is 2. The Labute approximate surface area is 80.2 Å². The molecule has 0 aliphatic heterocycles. The van der Waals surface area contributed by atoms with E-state index in [1.54, 1.807) is 30.6 Å². The van der Waals surface area contributed by atoms with Gasteiger partial charge in [0, 0.05) is 18.6 Å². The molecule has 0 aliphatic carbocycles. The molecule has 1 amide bonds. The van der Waals surface area contributed by atoms with Crippen molar-refractivity contribution in [2.45, 2.75) is 0 Å². The molecule has 0 unspecified atom stereocenters. The third-order valence-corrected chi connectivity index (χ3v) is 1.62. The van der Waals surface area contributed by atoms with E-state index >= 15 is 0 Å². The van der Waals surface area contributed by atoms with Gasteiger partial charge in [0.25, 0.3) is 5.91 Å². The fraction of sp³-hybridized carbons (Fsp3) is 0. The van der Waals surface area contributed by atoms with Gasteiger partial charge >= 0.3 is 0 Å². The van der Waals surface area contributed by atoms with Crippen LogP contribution in [-0.2, 0) is 0 Å². The summed E-state index contributed by atoms with van der Waals surface area (Å²) in [6.07, 6.45) is 4.72. The highest BCUT2D eigenvalue weighted by Crippen LogP contribution is 2.01. The fourth-order valence-corrected chi connectivity index (χ4v) is 1.00. The Morgan fingerprint density at radius 3 is 2.86 bits per heavy atom. The van der Waals surface area contributed by atoms with Crippen LogP contribution < -0.4 is 5.32 Å². The summed E-state index contributed by atoms with van der Waals surface area (Å²) in [5.74, 6) is 0.484. The van der Waals surface area contributed by atoms with Crippen LogP contribution in [0.5, 0.6) is 0 Å². The van der Waals surface area contributed by atoms with Crippen LogP contribution in [0.25, 0.3) is 0 Å². The largest absolute Gasteiger partial charge is 0.341 e. The minimum absolute atomic E-state index is 0.274. The van der Waals surface area contributed by atoms with Gasteiger partial charge in [0.2, 0.25) is 0 Å². The molecule has 0 bridgehead atoms. The molecule has 70 valence electrons. The highest BCUT2D eigenvalue weighted by molar-refractivity contribution is 6.00. The molecular weight excluding hydrogens is 180 g/mol. The van der Waals surface area contributed by atoms with E-state index in [-0.39, 0.29) is 11.7 Å². The molecule has 0 aliphatic rings. The van der Waals surface area contributed by atoms with Crippen LogP contribution in [-0.4, -0.2) is 20.9 Å². The van der Waals surface area contributed by atoms with E-state index in [0.29, 0.717) is 5.82 Å². The van der Waals surface area contributed by atoms with Gasteiger partial charge in [-0.2, -0.15) is 0 Å². The van der Waals surface area contributed by atoms with Crippen molar-refractivity contribution >= 4 is 11.7 Å². The van der Waals surface area contributed by atoms with Gasteiger partial charge in [0.15, 0.2) is 5.82 Å². The third-order valence-electron chi connectivity index (χ3n) is 1.62. The van der Waals surface area contributed by atoms with Crippen molar-refractivity contribution < 1.29 is 4.79 Å². The molecule has 0 radical (unpaired) electrons. The molecule has 2 aromatic heterocycles. The lowest BCUT2D eigenvalue weighted by molar-refractivity contribution is 0.101. The molecule has 5 heteroatoms. The minimum Gasteiger partial charge on any atom is -0.341 e. The molecule has 2 N–H and O–H groups in total. The highest BCUT2D eigenvalue weighted by Gasteiger charge is 2.07. The molecule has 0 saturated carbocycles. The summed E-state index contributed by atoms with van der Waals surface area (Å²) < 4.78 is 0. The number of rotatable bonds is 2. The number of aromatic nitrogens is 3. The minimum atomic E-state index is -0.297. The Morgan fingerprint density at radius 2 is 2.21 bits per heavy atom. The van der Waals surface area contributed by atoms with Crippen molar-refractivity contribution in [2.24, 2.45) is 0 Å². The Bertz CT molecular complexity index is 410. The van der Waals surface area contributed by atoms with E-state index in [0.717, 1.165) is 0 Å². The lowest BCUT2D eigenvalue weighted by Gasteiger charge is -2.00. The molecule has 14 heavy (non-hydrogen) atoms. The molecule has 0 spiro atoms. The molecule has 2 aromatic rings. The van der Waals surface area contributed by atoms with Crippen molar-refractivity contribution in [3.8, 4) is 0 Å². The normalized spacial score (nSPS) is 9.71. The zero-order chi connectivity index (χ0) is 9.80. The van der Waals surface area contributed by atoms with Crippen molar-refractivity contribution in [1.29, 1.82) is 0 Å². The number of aromatic amines is 1. The van der Waals surface area contributed by atoms with Crippen LogP contribution in [0.3, 0.4) is 0 Å². The first-order valence-electron chi connectivity index (χ1n) is 4.08. The van der Waals surface area contributed by atoms with Crippen molar-refractivity contribution in [3.05, 3.63) is 42.6 Å². The maximum Gasteiger partial charge on any atom is 0.292 e. The Kier molecular flexibility index (Phi) is 2.22. The first-order valence-corrected chi connectivity index (χ1v) is 4.08. The third kappa shape index (κ3) is 1.77. The lowest BCUT2D eigenvalue weighted by Crippen LogP contribution is -2.14. The first-order chi connectivity index (χ1) is 6.86. The molecule has 0 aromatic carbocycles. The SMILES string of the molecule is O=C(Nc1ccccn1)c1ncc[nH]1. The molecule has 2 heterocycles. The monoisotopic (exact) mass is 188 g/mol. The molecule has 2 rings (SSSR count). The standard InChI is InChI=1S/C9H8N4O/c14-9(8-11-5-6-12-8)13-7-3-1-2-4-10-7/h1-6H,(H,11,12)(H,10,13,14). The molecular formula is C9H8N4O.